The zero-order valence-electron chi connectivity index (χ0n) is 12.4. The Morgan fingerprint density at radius 1 is 1.40 bits per heavy atom. The van der Waals surface area contributed by atoms with Crippen molar-refractivity contribution in [1.82, 2.24) is 9.80 Å². The fourth-order valence-electron chi connectivity index (χ4n) is 2.93. The molecule has 1 N–H and O–H groups in total. The van der Waals surface area contributed by atoms with Gasteiger partial charge in [-0.05, 0) is 37.6 Å². The molecular formula is C16H25BrN2O. The molecule has 0 bridgehead atoms. The largest absolute Gasteiger partial charge is 0.388 e. The molecule has 0 amide bonds. The highest BCUT2D eigenvalue weighted by Crippen LogP contribution is 2.21. The maximum Gasteiger partial charge on any atom is 0.0802 e. The van der Waals surface area contributed by atoms with Crippen molar-refractivity contribution in [2.75, 3.05) is 32.7 Å². The van der Waals surface area contributed by atoms with Crippen molar-refractivity contribution in [2.24, 2.45) is 0 Å². The Hall–Kier alpha value is -0.420. The van der Waals surface area contributed by atoms with Gasteiger partial charge in [-0.15, -0.1) is 0 Å². The van der Waals surface area contributed by atoms with E-state index in [-0.39, 0.29) is 6.10 Å². The Balaban J connectivity index is 1.81. The Morgan fingerprint density at radius 2 is 2.20 bits per heavy atom. The van der Waals surface area contributed by atoms with Gasteiger partial charge < -0.3 is 10.0 Å². The molecule has 1 fully saturated rings. The van der Waals surface area contributed by atoms with Crippen LogP contribution >= 0.6 is 15.9 Å². The molecule has 1 aromatic carbocycles. The first-order valence-corrected chi connectivity index (χ1v) is 8.29. The molecule has 2 unspecified atom stereocenters. The Kier molecular flexibility index (Phi) is 6.02. The highest BCUT2D eigenvalue weighted by Gasteiger charge is 2.22. The second kappa shape index (κ2) is 7.55. The number of halogens is 1. The molecular weight excluding hydrogens is 316 g/mol. The summed E-state index contributed by atoms with van der Waals surface area (Å²) in [5.41, 5.74) is 1.000. The monoisotopic (exact) mass is 340 g/mol. The third-order valence-electron chi connectivity index (χ3n) is 4.21. The lowest BCUT2D eigenvalue weighted by atomic mass is 10.1. The first-order chi connectivity index (χ1) is 9.60. The van der Waals surface area contributed by atoms with Gasteiger partial charge in [0.05, 0.1) is 6.10 Å². The Labute approximate surface area is 130 Å². The minimum absolute atomic E-state index is 0.369. The molecule has 0 aliphatic carbocycles. The van der Waals surface area contributed by atoms with Gasteiger partial charge in [0.1, 0.15) is 0 Å². The van der Waals surface area contributed by atoms with Crippen molar-refractivity contribution in [3.63, 3.8) is 0 Å². The van der Waals surface area contributed by atoms with Gasteiger partial charge in [-0.3, -0.25) is 4.90 Å². The second-order valence-electron chi connectivity index (χ2n) is 5.64. The van der Waals surface area contributed by atoms with E-state index in [1.165, 1.54) is 0 Å². The number of likely N-dealkylation sites (N-methyl/N-ethyl adjacent to an activating group) is 1. The smallest absolute Gasteiger partial charge is 0.0802 e. The number of hydrogen-bond acceptors (Lipinski definition) is 3. The van der Waals surface area contributed by atoms with E-state index in [2.05, 4.69) is 39.6 Å². The first kappa shape index (κ1) is 16.0. The van der Waals surface area contributed by atoms with Crippen LogP contribution in [0.15, 0.2) is 28.7 Å². The predicted molar refractivity (Wildman–Crippen MR) is 86.9 cm³/mol. The summed E-state index contributed by atoms with van der Waals surface area (Å²) in [5.74, 6) is 0. The zero-order valence-corrected chi connectivity index (χ0v) is 14.0. The molecule has 1 heterocycles. The number of aliphatic hydroxyl groups is 1. The van der Waals surface area contributed by atoms with Crippen LogP contribution in [0.2, 0.25) is 0 Å². The van der Waals surface area contributed by atoms with Gasteiger partial charge >= 0.3 is 0 Å². The molecule has 1 aliphatic rings. The van der Waals surface area contributed by atoms with Crippen LogP contribution in [-0.2, 0) is 0 Å². The molecule has 0 saturated carbocycles. The quantitative estimate of drug-likeness (QED) is 0.892. The van der Waals surface area contributed by atoms with Crippen molar-refractivity contribution < 1.29 is 5.11 Å². The molecule has 112 valence electrons. The molecule has 0 spiro atoms. The standard InChI is InChI=1S/C16H25BrN2O/c1-3-19-10-9-18(12-13(19)2)8-7-16(20)14-5-4-6-15(17)11-14/h4-6,11,13,16,20H,3,7-10,12H2,1-2H3. The first-order valence-electron chi connectivity index (χ1n) is 7.50. The van der Waals surface area contributed by atoms with Crippen LogP contribution in [0.3, 0.4) is 0 Å². The van der Waals surface area contributed by atoms with Gasteiger partial charge in [0.15, 0.2) is 0 Å². The van der Waals surface area contributed by atoms with Gasteiger partial charge in [0.25, 0.3) is 0 Å². The van der Waals surface area contributed by atoms with Gasteiger partial charge in [-0.1, -0.05) is 35.0 Å². The summed E-state index contributed by atoms with van der Waals surface area (Å²) in [7, 11) is 0. The minimum atomic E-state index is -0.369. The molecule has 1 saturated heterocycles. The van der Waals surface area contributed by atoms with Crippen molar-refractivity contribution in [2.45, 2.75) is 32.4 Å². The lowest BCUT2D eigenvalue weighted by Gasteiger charge is -2.39. The van der Waals surface area contributed by atoms with Crippen LogP contribution in [-0.4, -0.2) is 53.7 Å². The zero-order chi connectivity index (χ0) is 14.5. The van der Waals surface area contributed by atoms with Crippen LogP contribution in [0.5, 0.6) is 0 Å². The van der Waals surface area contributed by atoms with E-state index in [1.54, 1.807) is 0 Å². The van der Waals surface area contributed by atoms with E-state index in [0.717, 1.165) is 49.2 Å². The van der Waals surface area contributed by atoms with Gasteiger partial charge in [0, 0.05) is 36.7 Å². The molecule has 1 aromatic rings. The third-order valence-corrected chi connectivity index (χ3v) is 4.70. The van der Waals surface area contributed by atoms with Crippen molar-refractivity contribution >= 4 is 15.9 Å². The average Bonchev–Trinajstić information content (AvgIpc) is 2.45. The van der Waals surface area contributed by atoms with Crippen molar-refractivity contribution in [1.29, 1.82) is 0 Å². The molecule has 4 heteroatoms. The molecule has 2 atom stereocenters. The van der Waals surface area contributed by atoms with E-state index in [4.69, 9.17) is 0 Å². The number of rotatable bonds is 5. The topological polar surface area (TPSA) is 26.7 Å². The van der Waals surface area contributed by atoms with E-state index in [1.807, 2.05) is 24.3 Å². The summed E-state index contributed by atoms with van der Waals surface area (Å²) in [6.45, 7) is 9.99. The number of hydrogen-bond donors (Lipinski definition) is 1. The van der Waals surface area contributed by atoms with Gasteiger partial charge in [-0.2, -0.15) is 0 Å². The Bertz CT molecular complexity index is 427. The summed E-state index contributed by atoms with van der Waals surface area (Å²) in [6, 6.07) is 8.58. The lowest BCUT2D eigenvalue weighted by Crippen LogP contribution is -2.51. The fraction of sp³-hybridized carbons (Fsp3) is 0.625. The van der Waals surface area contributed by atoms with Crippen LogP contribution < -0.4 is 0 Å². The van der Waals surface area contributed by atoms with E-state index >= 15 is 0 Å². The Morgan fingerprint density at radius 3 is 2.85 bits per heavy atom. The minimum Gasteiger partial charge on any atom is -0.388 e. The van der Waals surface area contributed by atoms with Crippen molar-refractivity contribution in [3.05, 3.63) is 34.3 Å². The summed E-state index contributed by atoms with van der Waals surface area (Å²) in [4.78, 5) is 4.99. The van der Waals surface area contributed by atoms with Gasteiger partial charge in [-0.25, -0.2) is 0 Å². The summed E-state index contributed by atoms with van der Waals surface area (Å²) >= 11 is 3.45. The van der Waals surface area contributed by atoms with Crippen LogP contribution in [0.4, 0.5) is 0 Å². The molecule has 1 aliphatic heterocycles. The maximum absolute atomic E-state index is 10.3. The number of benzene rings is 1. The summed E-state index contributed by atoms with van der Waals surface area (Å²) in [6.07, 6.45) is 0.432. The lowest BCUT2D eigenvalue weighted by molar-refractivity contribution is 0.0719. The van der Waals surface area contributed by atoms with Crippen LogP contribution in [0, 0.1) is 0 Å². The van der Waals surface area contributed by atoms with E-state index < -0.39 is 0 Å². The van der Waals surface area contributed by atoms with E-state index in [9.17, 15) is 5.11 Å². The van der Waals surface area contributed by atoms with Gasteiger partial charge in [0.2, 0.25) is 0 Å². The molecule has 2 rings (SSSR count). The molecule has 20 heavy (non-hydrogen) atoms. The average molecular weight is 341 g/mol. The highest BCUT2D eigenvalue weighted by atomic mass is 79.9. The molecule has 0 radical (unpaired) electrons. The van der Waals surface area contributed by atoms with Crippen LogP contribution in [0.1, 0.15) is 31.9 Å². The second-order valence-corrected chi connectivity index (χ2v) is 6.55. The third kappa shape index (κ3) is 4.29. The predicted octanol–water partition coefficient (Wildman–Crippen LogP) is 2.90. The SMILES string of the molecule is CCN1CCN(CCC(O)c2cccc(Br)c2)CC1C. The number of aliphatic hydroxyl groups excluding tert-OH is 1. The summed E-state index contributed by atoms with van der Waals surface area (Å²) in [5, 5.41) is 10.3. The number of nitrogens with zero attached hydrogens (tertiary/aromatic N) is 2. The van der Waals surface area contributed by atoms with Crippen molar-refractivity contribution in [3.8, 4) is 0 Å². The van der Waals surface area contributed by atoms with E-state index in [0.29, 0.717) is 6.04 Å². The summed E-state index contributed by atoms with van der Waals surface area (Å²) < 4.78 is 1.03. The molecule has 0 aromatic heterocycles. The molecule has 3 nitrogen and oxygen atoms in total. The van der Waals surface area contributed by atoms with Crippen LogP contribution in [0.25, 0.3) is 0 Å². The number of piperazine rings is 1. The fourth-order valence-corrected chi connectivity index (χ4v) is 3.35. The maximum atomic E-state index is 10.3. The highest BCUT2D eigenvalue weighted by molar-refractivity contribution is 9.10. The normalized spacial score (nSPS) is 22.9.